The van der Waals surface area contributed by atoms with Crippen molar-refractivity contribution in [3.63, 3.8) is 0 Å². The summed E-state index contributed by atoms with van der Waals surface area (Å²) in [4.78, 5) is 27.8. The van der Waals surface area contributed by atoms with Gasteiger partial charge in [0.1, 0.15) is 0 Å². The molecule has 0 spiro atoms. The Morgan fingerprint density at radius 3 is 2.50 bits per heavy atom. The van der Waals surface area contributed by atoms with E-state index >= 15 is 0 Å². The molecule has 24 heavy (non-hydrogen) atoms. The molecule has 1 saturated heterocycles. The van der Waals surface area contributed by atoms with Crippen LogP contribution >= 0.6 is 11.8 Å². The van der Waals surface area contributed by atoms with Gasteiger partial charge in [0.05, 0.1) is 4.91 Å². The molecule has 1 aromatic rings. The summed E-state index contributed by atoms with van der Waals surface area (Å²) in [6.45, 7) is 8.86. The first kappa shape index (κ1) is 17.1. The highest BCUT2D eigenvalue weighted by Gasteiger charge is 2.35. The second-order valence-electron chi connectivity index (χ2n) is 7.48. The lowest BCUT2D eigenvalue weighted by Gasteiger charge is -2.45. The van der Waals surface area contributed by atoms with Gasteiger partial charge in [0.15, 0.2) is 0 Å². The van der Waals surface area contributed by atoms with Crippen LogP contribution in [0.15, 0.2) is 17.0 Å². The Kier molecular flexibility index (Phi) is 4.03. The van der Waals surface area contributed by atoms with Gasteiger partial charge in [-0.25, -0.2) is 0 Å². The summed E-state index contributed by atoms with van der Waals surface area (Å²) in [5.74, 6) is 0.244. The van der Waals surface area contributed by atoms with Gasteiger partial charge in [-0.15, -0.1) is 0 Å². The van der Waals surface area contributed by atoms with E-state index in [1.54, 1.807) is 0 Å². The molecule has 2 aliphatic rings. The fourth-order valence-electron chi connectivity index (χ4n) is 3.58. The van der Waals surface area contributed by atoms with Crippen molar-refractivity contribution in [2.24, 2.45) is 0 Å². The second-order valence-corrected chi connectivity index (χ2v) is 8.48. The van der Waals surface area contributed by atoms with E-state index in [1.165, 1.54) is 23.2 Å². The number of carbonyl (C=O) groups is 2. The summed E-state index contributed by atoms with van der Waals surface area (Å²) in [6.07, 6.45) is 2.95. The Labute approximate surface area is 147 Å². The van der Waals surface area contributed by atoms with Gasteiger partial charge in [0.2, 0.25) is 0 Å². The molecular formula is C19H24N2O2S. The van der Waals surface area contributed by atoms with Crippen molar-refractivity contribution < 1.29 is 9.59 Å². The normalized spacial score (nSPS) is 24.8. The molecule has 0 N–H and O–H groups in total. The Bertz CT molecular complexity index is 767. The Morgan fingerprint density at radius 1 is 1.25 bits per heavy atom. The number of carbonyl (C=O) groups excluding carboxylic acids is 2. The van der Waals surface area contributed by atoms with E-state index in [2.05, 4.69) is 51.8 Å². The maximum Gasteiger partial charge on any atom is 0.293 e. The number of anilines is 1. The van der Waals surface area contributed by atoms with Crippen LogP contribution in [0.3, 0.4) is 0 Å². The number of aryl methyl sites for hydroxylation is 1. The highest BCUT2D eigenvalue weighted by molar-refractivity contribution is 8.18. The lowest BCUT2D eigenvalue weighted by Crippen LogP contribution is -2.45. The monoisotopic (exact) mass is 344 g/mol. The molecule has 0 unspecified atom stereocenters. The minimum Gasteiger partial charge on any atom is -0.369 e. The number of hydrogen-bond donors (Lipinski definition) is 0. The predicted molar refractivity (Wildman–Crippen MR) is 100 cm³/mol. The van der Waals surface area contributed by atoms with Crippen LogP contribution < -0.4 is 4.90 Å². The maximum absolute atomic E-state index is 12.1. The van der Waals surface area contributed by atoms with Crippen molar-refractivity contribution in [1.29, 1.82) is 0 Å². The quantitative estimate of drug-likeness (QED) is 0.709. The molecule has 5 heteroatoms. The van der Waals surface area contributed by atoms with Gasteiger partial charge < -0.3 is 4.90 Å². The molecule has 1 atom stereocenters. The number of imide groups is 1. The standard InChI is InChI=1S/C19H24N2O2S/c1-11-7-15-14(12(2)10-19(3,4)21(15)6)8-13(11)9-16-17(22)20(5)18(23)24-16/h7-9,12H,10H2,1-6H3/b16-9+/t12-/m0/s1. The molecule has 0 aliphatic carbocycles. The van der Waals surface area contributed by atoms with Crippen LogP contribution in [-0.4, -0.2) is 35.7 Å². The third-order valence-corrected chi connectivity index (χ3v) is 6.26. The number of benzene rings is 1. The molecule has 0 saturated carbocycles. The van der Waals surface area contributed by atoms with Crippen molar-refractivity contribution in [3.05, 3.63) is 33.7 Å². The van der Waals surface area contributed by atoms with Crippen molar-refractivity contribution in [2.45, 2.75) is 45.6 Å². The highest BCUT2D eigenvalue weighted by atomic mass is 32.2. The van der Waals surface area contributed by atoms with E-state index in [0.717, 1.165) is 29.3 Å². The van der Waals surface area contributed by atoms with Crippen LogP contribution in [0.25, 0.3) is 6.08 Å². The van der Waals surface area contributed by atoms with Gasteiger partial charge >= 0.3 is 0 Å². The molecule has 2 heterocycles. The SMILES string of the molecule is Cc1cc2c(cc1/C=C1/SC(=O)N(C)C1=O)[C@@H](C)CC(C)(C)N2C. The molecule has 2 aliphatic heterocycles. The van der Waals surface area contributed by atoms with Crippen molar-refractivity contribution >= 4 is 34.7 Å². The first-order valence-electron chi connectivity index (χ1n) is 8.22. The minimum absolute atomic E-state index is 0.130. The predicted octanol–water partition coefficient (Wildman–Crippen LogP) is 4.38. The van der Waals surface area contributed by atoms with Crippen LogP contribution in [0.4, 0.5) is 10.5 Å². The Morgan fingerprint density at radius 2 is 1.92 bits per heavy atom. The number of amides is 2. The fraction of sp³-hybridized carbons (Fsp3) is 0.474. The van der Waals surface area contributed by atoms with E-state index in [9.17, 15) is 9.59 Å². The van der Waals surface area contributed by atoms with E-state index < -0.39 is 0 Å². The van der Waals surface area contributed by atoms with E-state index in [4.69, 9.17) is 0 Å². The van der Waals surface area contributed by atoms with Crippen LogP contribution in [0.5, 0.6) is 0 Å². The first-order valence-corrected chi connectivity index (χ1v) is 9.03. The molecule has 4 nitrogen and oxygen atoms in total. The largest absolute Gasteiger partial charge is 0.369 e. The number of nitrogens with zero attached hydrogens (tertiary/aromatic N) is 2. The summed E-state index contributed by atoms with van der Waals surface area (Å²) in [7, 11) is 3.67. The van der Waals surface area contributed by atoms with Gasteiger partial charge in [0, 0.05) is 25.3 Å². The lowest BCUT2D eigenvalue weighted by atomic mass is 9.79. The van der Waals surface area contributed by atoms with E-state index in [-0.39, 0.29) is 16.7 Å². The summed E-state index contributed by atoms with van der Waals surface area (Å²) < 4.78 is 0. The van der Waals surface area contributed by atoms with Crippen LogP contribution in [0.2, 0.25) is 0 Å². The zero-order valence-corrected chi connectivity index (χ0v) is 16.0. The molecule has 0 radical (unpaired) electrons. The van der Waals surface area contributed by atoms with Gasteiger partial charge in [-0.1, -0.05) is 6.92 Å². The van der Waals surface area contributed by atoms with Gasteiger partial charge in [0.25, 0.3) is 11.1 Å². The first-order chi connectivity index (χ1) is 11.1. The van der Waals surface area contributed by atoms with Gasteiger partial charge in [-0.05, 0) is 79.8 Å². The molecule has 1 aromatic carbocycles. The van der Waals surface area contributed by atoms with Gasteiger partial charge in [-0.2, -0.15) is 0 Å². The number of fused-ring (bicyclic) bond motifs is 1. The summed E-state index contributed by atoms with van der Waals surface area (Å²) in [5, 5.41) is -0.211. The molecule has 1 fully saturated rings. The van der Waals surface area contributed by atoms with Gasteiger partial charge in [-0.3, -0.25) is 14.5 Å². The molecule has 0 aromatic heterocycles. The van der Waals surface area contributed by atoms with Crippen molar-refractivity contribution in [2.75, 3.05) is 19.0 Å². The molecule has 128 valence electrons. The number of likely N-dealkylation sites (N-methyl/N-ethyl adjacent to an activating group) is 1. The van der Waals surface area contributed by atoms with Crippen LogP contribution in [0.1, 0.15) is 49.8 Å². The zero-order chi connectivity index (χ0) is 17.8. The third kappa shape index (κ3) is 2.65. The minimum atomic E-state index is -0.214. The van der Waals surface area contributed by atoms with Crippen LogP contribution in [0, 0.1) is 6.92 Å². The van der Waals surface area contributed by atoms with Crippen LogP contribution in [-0.2, 0) is 4.79 Å². The van der Waals surface area contributed by atoms with Crippen molar-refractivity contribution in [3.8, 4) is 0 Å². The molecule has 3 rings (SSSR count). The van der Waals surface area contributed by atoms with E-state index in [1.807, 2.05) is 6.08 Å². The fourth-order valence-corrected chi connectivity index (χ4v) is 4.39. The summed E-state index contributed by atoms with van der Waals surface area (Å²) in [6, 6.07) is 4.39. The second kappa shape index (κ2) is 5.66. The number of hydrogen-bond acceptors (Lipinski definition) is 4. The summed E-state index contributed by atoms with van der Waals surface area (Å²) >= 11 is 1.01. The summed E-state index contributed by atoms with van der Waals surface area (Å²) in [5.41, 5.74) is 4.84. The third-order valence-electron chi connectivity index (χ3n) is 5.29. The highest BCUT2D eigenvalue weighted by Crippen LogP contribution is 2.44. The maximum atomic E-state index is 12.1. The topological polar surface area (TPSA) is 40.6 Å². The molecular weight excluding hydrogens is 320 g/mol. The van der Waals surface area contributed by atoms with E-state index in [0.29, 0.717) is 10.8 Å². The van der Waals surface area contributed by atoms with Crippen molar-refractivity contribution in [1.82, 2.24) is 4.90 Å². The lowest BCUT2D eigenvalue weighted by molar-refractivity contribution is -0.121. The molecule has 2 amide bonds. The molecule has 0 bridgehead atoms. The average molecular weight is 344 g/mol. The smallest absolute Gasteiger partial charge is 0.293 e. The number of thioether (sulfide) groups is 1. The Balaban J connectivity index is 2.06. The Hall–Kier alpha value is -1.75. The zero-order valence-electron chi connectivity index (χ0n) is 15.1. The number of rotatable bonds is 1. The average Bonchev–Trinajstić information content (AvgIpc) is 2.73.